The van der Waals surface area contributed by atoms with Gasteiger partial charge in [0.05, 0.1) is 42.7 Å². The number of ether oxygens (including phenoxy) is 2. The zero-order valence-electron chi connectivity index (χ0n) is 18.8. The number of aromatic nitrogens is 3. The summed E-state index contributed by atoms with van der Waals surface area (Å²) in [5, 5.41) is 8.14. The van der Waals surface area contributed by atoms with E-state index in [0.29, 0.717) is 39.5 Å². The number of nitrogens with zero attached hydrogens (tertiary/aromatic N) is 3. The van der Waals surface area contributed by atoms with E-state index in [0.717, 1.165) is 11.1 Å². The Morgan fingerprint density at radius 1 is 1.03 bits per heavy atom. The van der Waals surface area contributed by atoms with E-state index in [1.165, 1.54) is 0 Å². The number of carbonyl (C=O) groups excluding carboxylic acids is 1. The van der Waals surface area contributed by atoms with Crippen LogP contribution in [0.3, 0.4) is 0 Å². The Bertz CT molecular complexity index is 1280. The molecule has 4 aromatic rings. The third kappa shape index (κ3) is 4.01. The highest BCUT2D eigenvalue weighted by Gasteiger charge is 2.20. The monoisotopic (exact) mass is 430 g/mol. The van der Waals surface area contributed by atoms with E-state index in [4.69, 9.17) is 14.5 Å². The van der Waals surface area contributed by atoms with Gasteiger partial charge in [0.25, 0.3) is 5.91 Å². The largest absolute Gasteiger partial charge is 0.497 e. The first kappa shape index (κ1) is 21.4. The normalized spacial score (nSPS) is 11.1. The molecule has 0 fully saturated rings. The van der Waals surface area contributed by atoms with Crippen molar-refractivity contribution in [2.45, 2.75) is 26.8 Å². The molecule has 7 heteroatoms. The average Bonchev–Trinajstić information content (AvgIpc) is 3.23. The van der Waals surface area contributed by atoms with Gasteiger partial charge in [-0.25, -0.2) is 9.67 Å². The number of anilines is 1. The van der Waals surface area contributed by atoms with E-state index in [1.54, 1.807) is 44.7 Å². The molecular formula is C25H26N4O3. The number of carbonyl (C=O) groups is 1. The average molecular weight is 431 g/mol. The molecule has 0 saturated carbocycles. The number of benzene rings is 2. The van der Waals surface area contributed by atoms with E-state index in [-0.39, 0.29) is 11.9 Å². The number of fused-ring (bicyclic) bond motifs is 1. The molecule has 0 aliphatic rings. The molecular weight excluding hydrogens is 404 g/mol. The summed E-state index contributed by atoms with van der Waals surface area (Å²) >= 11 is 0. The lowest BCUT2D eigenvalue weighted by Gasteiger charge is -2.13. The standard InChI is InChI=1S/C25H26N4O3/c1-15(2)29-24-20(14-26-29)19(13-21(27-24)17-8-6-16(3)7-9-17)25(30)28-22-12-18(31-4)10-11-23(22)32-5/h6-15H,1-5H3,(H,28,30). The van der Waals surface area contributed by atoms with Crippen LogP contribution >= 0.6 is 0 Å². The second kappa shape index (κ2) is 8.70. The van der Waals surface area contributed by atoms with Crippen LogP contribution in [-0.4, -0.2) is 34.9 Å². The van der Waals surface area contributed by atoms with E-state index in [1.807, 2.05) is 49.7 Å². The highest BCUT2D eigenvalue weighted by atomic mass is 16.5. The Labute approximate surface area is 187 Å². The van der Waals surface area contributed by atoms with Gasteiger partial charge in [-0.05, 0) is 39.0 Å². The summed E-state index contributed by atoms with van der Waals surface area (Å²) in [6, 6.07) is 15.2. The van der Waals surface area contributed by atoms with Crippen molar-refractivity contribution in [1.82, 2.24) is 14.8 Å². The van der Waals surface area contributed by atoms with E-state index in [9.17, 15) is 4.79 Å². The van der Waals surface area contributed by atoms with Gasteiger partial charge in [-0.15, -0.1) is 0 Å². The Morgan fingerprint density at radius 3 is 2.44 bits per heavy atom. The topological polar surface area (TPSA) is 78.3 Å². The first-order valence-corrected chi connectivity index (χ1v) is 10.4. The fourth-order valence-electron chi connectivity index (χ4n) is 3.56. The highest BCUT2D eigenvalue weighted by Crippen LogP contribution is 2.31. The molecule has 7 nitrogen and oxygen atoms in total. The molecule has 164 valence electrons. The van der Waals surface area contributed by atoms with E-state index in [2.05, 4.69) is 10.4 Å². The lowest BCUT2D eigenvalue weighted by atomic mass is 10.0. The van der Waals surface area contributed by atoms with Crippen molar-refractivity contribution in [2.75, 3.05) is 19.5 Å². The van der Waals surface area contributed by atoms with Gasteiger partial charge >= 0.3 is 0 Å². The summed E-state index contributed by atoms with van der Waals surface area (Å²) in [6.45, 7) is 6.11. The van der Waals surface area contributed by atoms with Crippen LogP contribution in [-0.2, 0) is 0 Å². The molecule has 32 heavy (non-hydrogen) atoms. The maximum Gasteiger partial charge on any atom is 0.256 e. The number of aryl methyl sites for hydroxylation is 1. The van der Waals surface area contributed by atoms with Gasteiger partial charge < -0.3 is 14.8 Å². The van der Waals surface area contributed by atoms with Gasteiger partial charge in [0.1, 0.15) is 11.5 Å². The van der Waals surface area contributed by atoms with Crippen LogP contribution in [0.1, 0.15) is 35.8 Å². The molecule has 0 atom stereocenters. The summed E-state index contributed by atoms with van der Waals surface area (Å²) < 4.78 is 12.5. The zero-order chi connectivity index (χ0) is 22.8. The van der Waals surface area contributed by atoms with Crippen molar-refractivity contribution in [3.8, 4) is 22.8 Å². The van der Waals surface area contributed by atoms with Crippen LogP contribution in [0.5, 0.6) is 11.5 Å². The molecule has 0 unspecified atom stereocenters. The summed E-state index contributed by atoms with van der Waals surface area (Å²) in [7, 11) is 3.14. The minimum absolute atomic E-state index is 0.0997. The predicted octanol–water partition coefficient (Wildman–Crippen LogP) is 5.26. The fraction of sp³-hybridized carbons (Fsp3) is 0.240. The number of hydrogen-bond donors (Lipinski definition) is 1. The highest BCUT2D eigenvalue weighted by molar-refractivity contribution is 6.13. The second-order valence-electron chi connectivity index (χ2n) is 7.86. The van der Waals surface area contributed by atoms with Gasteiger partial charge in [-0.1, -0.05) is 29.8 Å². The lowest BCUT2D eigenvalue weighted by Crippen LogP contribution is -2.14. The molecule has 2 aromatic carbocycles. The summed E-state index contributed by atoms with van der Waals surface area (Å²) in [5.74, 6) is 0.885. The quantitative estimate of drug-likeness (QED) is 0.452. The van der Waals surface area contributed by atoms with Crippen molar-refractivity contribution in [3.63, 3.8) is 0 Å². The summed E-state index contributed by atoms with van der Waals surface area (Å²) in [4.78, 5) is 18.3. The summed E-state index contributed by atoms with van der Waals surface area (Å²) in [5.41, 5.74) is 4.48. The Balaban J connectivity index is 1.84. The first-order chi connectivity index (χ1) is 15.4. The van der Waals surface area contributed by atoms with Crippen LogP contribution in [0.15, 0.2) is 54.7 Å². The summed E-state index contributed by atoms with van der Waals surface area (Å²) in [6.07, 6.45) is 1.69. The van der Waals surface area contributed by atoms with Crippen molar-refractivity contribution in [3.05, 3.63) is 65.9 Å². The molecule has 4 rings (SSSR count). The Hall–Kier alpha value is -3.87. The maximum absolute atomic E-state index is 13.4. The number of methoxy groups -OCH3 is 2. The van der Waals surface area contributed by atoms with Crippen LogP contribution < -0.4 is 14.8 Å². The maximum atomic E-state index is 13.4. The van der Waals surface area contributed by atoms with Crippen LogP contribution in [0.2, 0.25) is 0 Å². The van der Waals surface area contributed by atoms with Crippen molar-refractivity contribution in [2.24, 2.45) is 0 Å². The van der Waals surface area contributed by atoms with Gasteiger partial charge in [0, 0.05) is 17.7 Å². The SMILES string of the molecule is COc1ccc(OC)c(NC(=O)c2cc(-c3ccc(C)cc3)nc3c2cnn3C(C)C)c1. The number of pyridine rings is 1. The third-order valence-corrected chi connectivity index (χ3v) is 5.30. The minimum Gasteiger partial charge on any atom is -0.497 e. The molecule has 1 amide bonds. The number of hydrogen-bond acceptors (Lipinski definition) is 5. The molecule has 1 N–H and O–H groups in total. The van der Waals surface area contributed by atoms with Gasteiger partial charge in [-0.2, -0.15) is 5.10 Å². The van der Waals surface area contributed by atoms with Crippen LogP contribution in [0.4, 0.5) is 5.69 Å². The van der Waals surface area contributed by atoms with E-state index < -0.39 is 0 Å². The fourth-order valence-corrected chi connectivity index (χ4v) is 3.56. The van der Waals surface area contributed by atoms with E-state index >= 15 is 0 Å². The molecule has 0 saturated heterocycles. The third-order valence-electron chi connectivity index (χ3n) is 5.30. The van der Waals surface area contributed by atoms with Gasteiger partial charge in [0.15, 0.2) is 5.65 Å². The van der Waals surface area contributed by atoms with Crippen LogP contribution in [0, 0.1) is 6.92 Å². The molecule has 2 aromatic heterocycles. The second-order valence-corrected chi connectivity index (χ2v) is 7.86. The molecule has 0 spiro atoms. The number of rotatable bonds is 6. The van der Waals surface area contributed by atoms with Crippen molar-refractivity contribution >= 4 is 22.6 Å². The van der Waals surface area contributed by atoms with Crippen LogP contribution in [0.25, 0.3) is 22.3 Å². The first-order valence-electron chi connectivity index (χ1n) is 10.4. The molecule has 0 aliphatic heterocycles. The van der Waals surface area contributed by atoms with Crippen molar-refractivity contribution in [1.29, 1.82) is 0 Å². The number of amides is 1. The van der Waals surface area contributed by atoms with Crippen molar-refractivity contribution < 1.29 is 14.3 Å². The van der Waals surface area contributed by atoms with Gasteiger partial charge in [-0.3, -0.25) is 4.79 Å². The zero-order valence-corrected chi connectivity index (χ0v) is 18.8. The molecule has 0 aliphatic carbocycles. The molecule has 2 heterocycles. The van der Waals surface area contributed by atoms with Gasteiger partial charge in [0.2, 0.25) is 0 Å². The number of nitrogens with one attached hydrogen (secondary N) is 1. The molecule has 0 radical (unpaired) electrons. The lowest BCUT2D eigenvalue weighted by molar-refractivity contribution is 0.102. The molecule has 0 bridgehead atoms. The Morgan fingerprint density at radius 2 is 1.78 bits per heavy atom. The minimum atomic E-state index is -0.277. The predicted molar refractivity (Wildman–Crippen MR) is 126 cm³/mol. The Kier molecular flexibility index (Phi) is 5.81. The smallest absolute Gasteiger partial charge is 0.256 e.